The van der Waals surface area contributed by atoms with E-state index in [0.717, 1.165) is 81.9 Å². The second-order valence-electron chi connectivity index (χ2n) is 15.5. The van der Waals surface area contributed by atoms with E-state index in [1.165, 1.54) is 17.2 Å². The summed E-state index contributed by atoms with van der Waals surface area (Å²) in [4.78, 5) is 46.5. The summed E-state index contributed by atoms with van der Waals surface area (Å²) in [6.45, 7) is 8.52. The van der Waals surface area contributed by atoms with E-state index in [0.29, 0.717) is 6.04 Å². The maximum atomic E-state index is 15.2. The summed E-state index contributed by atoms with van der Waals surface area (Å²) in [5, 5.41) is 15.4. The third-order valence-electron chi connectivity index (χ3n) is 11.2. The highest BCUT2D eigenvalue weighted by Gasteiger charge is 2.51. The van der Waals surface area contributed by atoms with E-state index >= 15 is 4.39 Å². The summed E-state index contributed by atoms with van der Waals surface area (Å²) in [7, 11) is 0. The number of aromatic nitrogens is 5. The standard InChI is InChI=1S/C39H46F4N10O4/c1-23-17-29(10-12-31(23)53-22-25(19-45-53)35(55)44-20-33-46-36(49-48-33)38(3,4)39(41,42)43)57-28-8-5-26(6-9-28)50-15-16-51(24(2)21-50)27-7-11-32(30(40)18-27)52-14-13-34(54)47-37(52)56/h7,10-12,17-19,22,24,26,28H,5-6,8-9,13-16,20-21H2,1-4H3,(H,44,55)(H,46,48,49)(H,47,54,56)/t24-,26?,28?/m1/s1. The van der Waals surface area contributed by atoms with Gasteiger partial charge in [0, 0.05) is 56.6 Å². The smallest absolute Gasteiger partial charge is 0.401 e. The highest BCUT2D eigenvalue weighted by molar-refractivity contribution is 6.05. The topological polar surface area (TPSA) is 154 Å². The van der Waals surface area contributed by atoms with Crippen molar-refractivity contribution in [3.8, 4) is 11.4 Å². The van der Waals surface area contributed by atoms with E-state index in [9.17, 15) is 27.6 Å². The highest BCUT2D eigenvalue weighted by atomic mass is 19.4. The average Bonchev–Trinajstić information content (AvgIpc) is 3.86. The molecule has 18 heteroatoms. The molecule has 3 fully saturated rings. The Morgan fingerprint density at radius 2 is 1.77 bits per heavy atom. The lowest BCUT2D eigenvalue weighted by molar-refractivity contribution is -0.182. The number of aryl methyl sites for hydroxylation is 1. The molecule has 1 saturated carbocycles. The lowest BCUT2D eigenvalue weighted by atomic mass is 9.91. The van der Waals surface area contributed by atoms with E-state index in [1.54, 1.807) is 16.9 Å². The fourth-order valence-electron chi connectivity index (χ4n) is 7.69. The second kappa shape index (κ2) is 15.8. The number of halogens is 4. The van der Waals surface area contributed by atoms with E-state index in [4.69, 9.17) is 4.74 Å². The molecule has 0 unspecified atom stereocenters. The fraction of sp³-hybridized carbons (Fsp3) is 0.487. The number of benzene rings is 2. The van der Waals surface area contributed by atoms with Gasteiger partial charge in [-0.25, -0.2) is 18.9 Å². The average molecular weight is 795 g/mol. The first-order valence-corrected chi connectivity index (χ1v) is 19.1. The Bertz CT molecular complexity index is 2130. The minimum atomic E-state index is -4.53. The van der Waals surface area contributed by atoms with Crippen molar-refractivity contribution in [1.29, 1.82) is 0 Å². The molecule has 3 aliphatic rings. The monoisotopic (exact) mass is 794 g/mol. The van der Waals surface area contributed by atoms with Crippen LogP contribution in [-0.2, 0) is 16.8 Å². The van der Waals surface area contributed by atoms with Crippen LogP contribution >= 0.6 is 0 Å². The van der Waals surface area contributed by atoms with Gasteiger partial charge >= 0.3 is 12.2 Å². The number of piperazine rings is 1. The second-order valence-corrected chi connectivity index (χ2v) is 15.5. The van der Waals surface area contributed by atoms with Crippen molar-refractivity contribution in [1.82, 2.24) is 40.5 Å². The molecule has 2 aromatic heterocycles. The first-order valence-electron chi connectivity index (χ1n) is 19.1. The van der Waals surface area contributed by atoms with Crippen LogP contribution in [0, 0.1) is 12.7 Å². The van der Waals surface area contributed by atoms with Crippen LogP contribution in [0.2, 0.25) is 0 Å². The molecule has 2 aromatic carbocycles. The number of H-pyrrole nitrogens is 1. The van der Waals surface area contributed by atoms with Crippen molar-refractivity contribution in [3.63, 3.8) is 0 Å². The molecule has 4 aromatic rings. The van der Waals surface area contributed by atoms with Crippen LogP contribution in [0.1, 0.15) is 80.4 Å². The summed E-state index contributed by atoms with van der Waals surface area (Å²) in [6, 6.07) is 10.6. The molecular formula is C39H46F4N10O4. The SMILES string of the molecule is Cc1cc(OC2CCC(N3CCN(c4ccc(N5CCC(=O)NC5=O)c(F)c4)[C@H](C)C3)CC2)ccc1-n1cc(C(=O)NCc2nc(C(C)(C)C(F)(F)F)n[nH]2)cn1. The first kappa shape index (κ1) is 39.7. The molecule has 0 bridgehead atoms. The molecule has 2 aliphatic heterocycles. The third kappa shape index (κ3) is 8.45. The van der Waals surface area contributed by atoms with Gasteiger partial charge in [0.25, 0.3) is 5.91 Å². The zero-order valence-electron chi connectivity index (χ0n) is 32.2. The van der Waals surface area contributed by atoms with E-state index < -0.39 is 35.2 Å². The zero-order valence-corrected chi connectivity index (χ0v) is 32.2. The first-order chi connectivity index (χ1) is 27.1. The normalized spacial score (nSPS) is 21.1. The number of rotatable bonds is 10. The lowest BCUT2D eigenvalue weighted by Gasteiger charge is -2.46. The van der Waals surface area contributed by atoms with Crippen LogP contribution in [0.3, 0.4) is 0 Å². The summed E-state index contributed by atoms with van der Waals surface area (Å²) in [5.41, 5.74) is 0.614. The van der Waals surface area contributed by atoms with Crippen LogP contribution in [0.4, 0.5) is 33.7 Å². The number of carbonyl (C=O) groups excluding carboxylic acids is 3. The van der Waals surface area contributed by atoms with Gasteiger partial charge in [-0.3, -0.25) is 29.8 Å². The Morgan fingerprint density at radius 3 is 2.46 bits per heavy atom. The molecule has 0 spiro atoms. The van der Waals surface area contributed by atoms with Gasteiger partial charge in [0.2, 0.25) is 5.91 Å². The summed E-state index contributed by atoms with van der Waals surface area (Å²) >= 11 is 0. The Kier molecular flexibility index (Phi) is 11.0. The molecule has 4 heterocycles. The number of nitrogens with zero attached hydrogens (tertiary/aromatic N) is 7. The number of nitrogens with one attached hydrogen (secondary N) is 3. The van der Waals surface area contributed by atoms with Gasteiger partial charge in [-0.15, -0.1) is 0 Å². The van der Waals surface area contributed by atoms with Crippen molar-refractivity contribution in [2.24, 2.45) is 0 Å². The Morgan fingerprint density at radius 1 is 1.02 bits per heavy atom. The van der Waals surface area contributed by atoms with Gasteiger partial charge < -0.3 is 15.0 Å². The van der Waals surface area contributed by atoms with E-state index in [1.807, 2.05) is 31.2 Å². The molecule has 4 amide bonds. The number of aromatic amines is 1. The van der Waals surface area contributed by atoms with Crippen molar-refractivity contribution in [2.75, 3.05) is 36.0 Å². The van der Waals surface area contributed by atoms with Crippen molar-refractivity contribution < 1.29 is 36.7 Å². The third-order valence-corrected chi connectivity index (χ3v) is 11.2. The molecule has 3 N–H and O–H groups in total. The van der Waals surface area contributed by atoms with E-state index in [-0.39, 0.29) is 54.6 Å². The Labute approximate surface area is 326 Å². The van der Waals surface area contributed by atoms with Gasteiger partial charge in [-0.1, -0.05) is 0 Å². The number of urea groups is 1. The lowest BCUT2D eigenvalue weighted by Crippen LogP contribution is -2.55. The maximum Gasteiger partial charge on any atom is 0.401 e. The van der Waals surface area contributed by atoms with Gasteiger partial charge in [-0.2, -0.15) is 23.4 Å². The highest BCUT2D eigenvalue weighted by Crippen LogP contribution is 2.38. The Balaban J connectivity index is 0.873. The van der Waals surface area contributed by atoms with Crippen LogP contribution in [0.25, 0.3) is 5.69 Å². The van der Waals surface area contributed by atoms with Crippen molar-refractivity contribution in [3.05, 3.63) is 77.4 Å². The zero-order chi connectivity index (χ0) is 40.6. The van der Waals surface area contributed by atoms with Gasteiger partial charge in [-0.05, 0) is 95.3 Å². The fourth-order valence-corrected chi connectivity index (χ4v) is 7.69. The predicted molar refractivity (Wildman–Crippen MR) is 202 cm³/mol. The summed E-state index contributed by atoms with van der Waals surface area (Å²) in [5.74, 6) is -0.878. The number of hydrogen-bond donors (Lipinski definition) is 3. The maximum absolute atomic E-state index is 15.2. The molecule has 2 saturated heterocycles. The van der Waals surface area contributed by atoms with Crippen molar-refractivity contribution in [2.45, 2.75) is 96.1 Å². The Hall–Kier alpha value is -5.52. The molecule has 57 heavy (non-hydrogen) atoms. The number of amides is 4. The summed E-state index contributed by atoms with van der Waals surface area (Å²) < 4.78 is 63.3. The molecule has 1 aliphatic carbocycles. The van der Waals surface area contributed by atoms with Gasteiger partial charge in [0.15, 0.2) is 5.82 Å². The van der Waals surface area contributed by atoms with E-state index in [2.05, 4.69) is 47.6 Å². The van der Waals surface area contributed by atoms with Crippen LogP contribution < -0.4 is 25.2 Å². The van der Waals surface area contributed by atoms with Gasteiger partial charge in [0.05, 0.1) is 35.8 Å². The van der Waals surface area contributed by atoms with Crippen LogP contribution in [0.15, 0.2) is 48.8 Å². The van der Waals surface area contributed by atoms with Crippen LogP contribution in [0.5, 0.6) is 5.75 Å². The summed E-state index contributed by atoms with van der Waals surface area (Å²) in [6.07, 6.45) is 2.49. The molecule has 304 valence electrons. The largest absolute Gasteiger partial charge is 0.490 e. The van der Waals surface area contributed by atoms with Crippen molar-refractivity contribution >= 4 is 29.2 Å². The minimum Gasteiger partial charge on any atom is -0.490 e. The molecule has 0 radical (unpaired) electrons. The van der Waals surface area contributed by atoms with Crippen LogP contribution in [-0.4, -0.2) is 98.3 Å². The number of ether oxygens (including phenoxy) is 1. The number of alkyl halides is 3. The number of anilines is 2. The number of hydrogen-bond acceptors (Lipinski definition) is 9. The molecule has 1 atom stereocenters. The molecule has 14 nitrogen and oxygen atoms in total. The number of imide groups is 1. The minimum absolute atomic E-state index is 0.0757. The number of carbonyl (C=O) groups is 3. The molecule has 7 rings (SSSR count). The molecular weight excluding hydrogens is 748 g/mol. The quantitative estimate of drug-likeness (QED) is 0.175. The predicted octanol–water partition coefficient (Wildman–Crippen LogP) is 5.55. The van der Waals surface area contributed by atoms with Gasteiger partial charge in [0.1, 0.15) is 22.8 Å².